The Morgan fingerprint density at radius 1 is 1.31 bits per heavy atom. The highest BCUT2D eigenvalue weighted by molar-refractivity contribution is 9.10. The first-order valence-corrected chi connectivity index (χ1v) is 6.12. The second kappa shape index (κ2) is 4.26. The molecule has 0 bridgehead atoms. The summed E-state index contributed by atoms with van der Waals surface area (Å²) >= 11 is 3.49. The van der Waals surface area contributed by atoms with Crippen LogP contribution in [0.4, 0.5) is 0 Å². The molecule has 88 valence electrons. The van der Waals surface area contributed by atoms with Gasteiger partial charge in [0.05, 0.1) is 4.47 Å². The van der Waals surface area contributed by atoms with Crippen molar-refractivity contribution in [3.05, 3.63) is 22.2 Å². The number of rotatable bonds is 2. The van der Waals surface area contributed by atoms with Crippen molar-refractivity contribution in [3.8, 4) is 11.5 Å². The molecule has 1 aliphatic rings. The molecule has 1 heterocycles. The van der Waals surface area contributed by atoms with Gasteiger partial charge in [-0.3, -0.25) is 0 Å². The third kappa shape index (κ3) is 2.68. The van der Waals surface area contributed by atoms with Gasteiger partial charge in [-0.1, -0.05) is 0 Å². The van der Waals surface area contributed by atoms with E-state index in [1.165, 1.54) is 0 Å². The SMILES string of the molecule is CC(C)(N)Cc1cc(Br)c2c(c1)OCCO2. The van der Waals surface area contributed by atoms with E-state index in [2.05, 4.69) is 15.9 Å². The summed E-state index contributed by atoms with van der Waals surface area (Å²) in [5, 5.41) is 0. The van der Waals surface area contributed by atoms with Gasteiger partial charge in [-0.25, -0.2) is 0 Å². The van der Waals surface area contributed by atoms with Crippen molar-refractivity contribution in [2.75, 3.05) is 13.2 Å². The fraction of sp³-hybridized carbons (Fsp3) is 0.500. The van der Waals surface area contributed by atoms with E-state index in [9.17, 15) is 0 Å². The summed E-state index contributed by atoms with van der Waals surface area (Å²) in [6, 6.07) is 4.05. The number of fused-ring (bicyclic) bond motifs is 1. The van der Waals surface area contributed by atoms with E-state index in [1.54, 1.807) is 0 Å². The van der Waals surface area contributed by atoms with Crippen LogP contribution in [0.5, 0.6) is 11.5 Å². The average molecular weight is 286 g/mol. The highest BCUT2D eigenvalue weighted by atomic mass is 79.9. The van der Waals surface area contributed by atoms with Crippen molar-refractivity contribution in [1.82, 2.24) is 0 Å². The predicted molar refractivity (Wildman–Crippen MR) is 67.1 cm³/mol. The second-order valence-corrected chi connectivity index (χ2v) is 5.62. The molecule has 0 aromatic heterocycles. The van der Waals surface area contributed by atoms with Crippen molar-refractivity contribution < 1.29 is 9.47 Å². The van der Waals surface area contributed by atoms with Crippen LogP contribution in [0, 0.1) is 0 Å². The van der Waals surface area contributed by atoms with Crippen LogP contribution < -0.4 is 15.2 Å². The van der Waals surface area contributed by atoms with Crippen LogP contribution >= 0.6 is 15.9 Å². The normalized spacial score (nSPS) is 15.0. The molecule has 1 aliphatic heterocycles. The largest absolute Gasteiger partial charge is 0.486 e. The van der Waals surface area contributed by atoms with Crippen LogP contribution in [0.1, 0.15) is 19.4 Å². The van der Waals surface area contributed by atoms with Gasteiger partial charge in [-0.15, -0.1) is 0 Å². The molecular weight excluding hydrogens is 270 g/mol. The summed E-state index contributed by atoms with van der Waals surface area (Å²) in [5.74, 6) is 1.60. The molecule has 1 aromatic carbocycles. The third-order valence-corrected chi connectivity index (χ3v) is 2.91. The van der Waals surface area contributed by atoms with Gasteiger partial charge in [-0.05, 0) is 53.9 Å². The van der Waals surface area contributed by atoms with Gasteiger partial charge in [-0.2, -0.15) is 0 Å². The maximum Gasteiger partial charge on any atom is 0.175 e. The molecule has 0 spiro atoms. The molecule has 0 unspecified atom stereocenters. The van der Waals surface area contributed by atoms with E-state index in [1.807, 2.05) is 26.0 Å². The first-order valence-electron chi connectivity index (χ1n) is 5.33. The van der Waals surface area contributed by atoms with Crippen LogP contribution in [0.3, 0.4) is 0 Å². The lowest BCUT2D eigenvalue weighted by atomic mass is 9.96. The number of nitrogens with two attached hydrogens (primary N) is 1. The molecule has 0 amide bonds. The third-order valence-electron chi connectivity index (χ3n) is 2.32. The Hall–Kier alpha value is -0.740. The summed E-state index contributed by atoms with van der Waals surface area (Å²) in [5.41, 5.74) is 6.94. The summed E-state index contributed by atoms with van der Waals surface area (Å²) in [6.07, 6.45) is 0.808. The van der Waals surface area contributed by atoms with E-state index < -0.39 is 0 Å². The quantitative estimate of drug-likeness (QED) is 0.908. The van der Waals surface area contributed by atoms with E-state index in [0.29, 0.717) is 13.2 Å². The Balaban J connectivity index is 2.32. The Bertz CT molecular complexity index is 399. The Labute approximate surface area is 104 Å². The number of benzene rings is 1. The number of hydrogen-bond donors (Lipinski definition) is 1. The summed E-state index contributed by atoms with van der Waals surface area (Å²) in [4.78, 5) is 0. The van der Waals surface area contributed by atoms with Gasteiger partial charge in [0.15, 0.2) is 11.5 Å². The number of hydrogen-bond acceptors (Lipinski definition) is 3. The Morgan fingerprint density at radius 3 is 2.69 bits per heavy atom. The topological polar surface area (TPSA) is 44.5 Å². The molecular formula is C12H16BrNO2. The summed E-state index contributed by atoms with van der Waals surface area (Å²) in [7, 11) is 0. The Kier molecular flexibility index (Phi) is 3.13. The average Bonchev–Trinajstić information content (AvgIpc) is 2.15. The fourth-order valence-electron chi connectivity index (χ4n) is 1.79. The lowest BCUT2D eigenvalue weighted by Crippen LogP contribution is -2.34. The van der Waals surface area contributed by atoms with Crippen molar-refractivity contribution in [1.29, 1.82) is 0 Å². The van der Waals surface area contributed by atoms with E-state index in [-0.39, 0.29) is 5.54 Å². The number of ether oxygens (including phenoxy) is 2. The molecule has 2 N–H and O–H groups in total. The van der Waals surface area contributed by atoms with Gasteiger partial charge >= 0.3 is 0 Å². The van der Waals surface area contributed by atoms with Gasteiger partial charge in [0.25, 0.3) is 0 Å². The predicted octanol–water partition coefficient (Wildman–Crippen LogP) is 2.50. The van der Waals surface area contributed by atoms with Crippen molar-refractivity contribution >= 4 is 15.9 Å². The molecule has 16 heavy (non-hydrogen) atoms. The fourth-order valence-corrected chi connectivity index (χ4v) is 2.40. The summed E-state index contributed by atoms with van der Waals surface area (Å²) in [6.45, 7) is 5.23. The minimum Gasteiger partial charge on any atom is -0.486 e. The first-order chi connectivity index (χ1) is 7.46. The monoisotopic (exact) mass is 285 g/mol. The van der Waals surface area contributed by atoms with E-state index in [0.717, 1.165) is 28.0 Å². The van der Waals surface area contributed by atoms with E-state index in [4.69, 9.17) is 15.2 Å². The standard InChI is InChI=1S/C12H16BrNO2/c1-12(2,14)7-8-5-9(13)11-10(6-8)15-3-4-16-11/h5-6H,3-4,7,14H2,1-2H3. The lowest BCUT2D eigenvalue weighted by molar-refractivity contribution is 0.170. The van der Waals surface area contributed by atoms with Gasteiger partial charge < -0.3 is 15.2 Å². The zero-order valence-electron chi connectivity index (χ0n) is 9.55. The van der Waals surface area contributed by atoms with Crippen LogP contribution in [-0.4, -0.2) is 18.8 Å². The number of halogens is 1. The van der Waals surface area contributed by atoms with Gasteiger partial charge in [0.1, 0.15) is 13.2 Å². The maximum absolute atomic E-state index is 6.01. The smallest absolute Gasteiger partial charge is 0.175 e. The molecule has 0 atom stereocenters. The molecule has 4 heteroatoms. The van der Waals surface area contributed by atoms with Crippen LogP contribution in [0.15, 0.2) is 16.6 Å². The minimum atomic E-state index is -0.219. The zero-order chi connectivity index (χ0) is 11.8. The lowest BCUT2D eigenvalue weighted by Gasteiger charge is -2.23. The van der Waals surface area contributed by atoms with Crippen LogP contribution in [0.2, 0.25) is 0 Å². The highest BCUT2D eigenvalue weighted by Gasteiger charge is 2.19. The van der Waals surface area contributed by atoms with Crippen molar-refractivity contribution in [3.63, 3.8) is 0 Å². The van der Waals surface area contributed by atoms with E-state index >= 15 is 0 Å². The maximum atomic E-state index is 6.01. The molecule has 2 rings (SSSR count). The van der Waals surface area contributed by atoms with Gasteiger partial charge in [0, 0.05) is 5.54 Å². The summed E-state index contributed by atoms with van der Waals surface area (Å²) < 4.78 is 12.0. The molecule has 0 fully saturated rings. The second-order valence-electron chi connectivity index (χ2n) is 4.77. The van der Waals surface area contributed by atoms with Crippen molar-refractivity contribution in [2.24, 2.45) is 5.73 Å². The van der Waals surface area contributed by atoms with Crippen LogP contribution in [0.25, 0.3) is 0 Å². The first kappa shape index (κ1) is 11.7. The molecule has 0 aliphatic carbocycles. The molecule has 1 aromatic rings. The van der Waals surface area contributed by atoms with Crippen LogP contribution in [-0.2, 0) is 6.42 Å². The van der Waals surface area contributed by atoms with Crippen molar-refractivity contribution in [2.45, 2.75) is 25.8 Å². The molecule has 0 saturated carbocycles. The minimum absolute atomic E-state index is 0.219. The van der Waals surface area contributed by atoms with Gasteiger partial charge in [0.2, 0.25) is 0 Å². The zero-order valence-corrected chi connectivity index (χ0v) is 11.1. The molecule has 0 radical (unpaired) electrons. The molecule has 0 saturated heterocycles. The highest BCUT2D eigenvalue weighted by Crippen LogP contribution is 2.39. The molecule has 3 nitrogen and oxygen atoms in total. The Morgan fingerprint density at radius 2 is 2.00 bits per heavy atom.